The smallest absolute Gasteiger partial charge is 0.310 e. The van der Waals surface area contributed by atoms with E-state index in [0.29, 0.717) is 0 Å². The summed E-state index contributed by atoms with van der Waals surface area (Å²) in [4.78, 5) is 10.3. The number of pyridine rings is 1. The lowest BCUT2D eigenvalue weighted by Gasteiger charge is -2.14. The summed E-state index contributed by atoms with van der Waals surface area (Å²) >= 11 is 0. The zero-order chi connectivity index (χ0) is 15.2. The number of nitrogens with zero attached hydrogens (tertiary/aromatic N) is 2. The van der Waals surface area contributed by atoms with E-state index in [0.717, 1.165) is 0 Å². The molecule has 0 saturated carbocycles. The Kier molecular flexibility index (Phi) is 4.68. The number of hydrogen-bond acceptors (Lipinski definition) is 5. The second-order valence-electron chi connectivity index (χ2n) is 4.43. The Morgan fingerprint density at radius 2 is 2.00 bits per heavy atom. The van der Waals surface area contributed by atoms with Gasteiger partial charge in [-0.3, -0.25) is 15.5 Å². The Morgan fingerprint density at radius 1 is 1.29 bits per heavy atom. The Hall–Kier alpha value is -2.67. The maximum atomic E-state index is 10.8. The van der Waals surface area contributed by atoms with Gasteiger partial charge in [0.2, 0.25) is 0 Å². The summed E-state index contributed by atoms with van der Waals surface area (Å²) < 4.78 is 6.87. The fraction of sp³-hybridized carbons (Fsp3) is 0.214. The van der Waals surface area contributed by atoms with Crippen molar-refractivity contribution in [2.45, 2.75) is 12.6 Å². The summed E-state index contributed by atoms with van der Waals surface area (Å²) in [6.45, 7) is 0.0898. The second-order valence-corrected chi connectivity index (χ2v) is 4.43. The van der Waals surface area contributed by atoms with Gasteiger partial charge >= 0.3 is 5.69 Å². The van der Waals surface area contributed by atoms with Crippen LogP contribution in [0.3, 0.4) is 0 Å². The summed E-state index contributed by atoms with van der Waals surface area (Å²) in [5, 5.41) is 28.4. The summed E-state index contributed by atoms with van der Waals surface area (Å²) in [6, 6.07) is 11.1. The van der Waals surface area contributed by atoms with Crippen molar-refractivity contribution in [3.05, 3.63) is 64.3 Å². The zero-order valence-electron chi connectivity index (χ0n) is 11.2. The van der Waals surface area contributed by atoms with E-state index in [2.05, 4.69) is 0 Å². The molecular weight excluding hydrogens is 274 g/mol. The lowest BCUT2D eigenvalue weighted by atomic mass is 10.3. The van der Waals surface area contributed by atoms with Gasteiger partial charge in [-0.1, -0.05) is 18.2 Å². The van der Waals surface area contributed by atoms with Crippen LogP contribution >= 0.6 is 0 Å². The Labute approximate surface area is 120 Å². The first-order valence-corrected chi connectivity index (χ1v) is 6.32. The number of nitro groups is 1. The van der Waals surface area contributed by atoms with Crippen LogP contribution in [0.25, 0.3) is 0 Å². The van der Waals surface area contributed by atoms with Crippen LogP contribution in [0.4, 0.5) is 5.69 Å². The number of nitro benzene ring substituents is 1. The molecule has 0 fully saturated rings. The summed E-state index contributed by atoms with van der Waals surface area (Å²) in [7, 11) is 0. The molecule has 0 bridgehead atoms. The fourth-order valence-electron chi connectivity index (χ4n) is 1.83. The Bertz CT molecular complexity index is 684. The molecule has 0 aliphatic heterocycles. The standard InChI is InChI=1S/C14H15N3O4/c15-14-7-3-4-8-16(14)9-11(18)10-21-13-6-2-1-5-12(13)17(19)20/h1-8,11,15,18H,9-10H2. The number of hydrogen-bond donors (Lipinski definition) is 2. The SMILES string of the molecule is N=c1ccccn1CC(O)COc1ccccc1[N+](=O)[O-]. The van der Waals surface area contributed by atoms with Crippen LogP contribution < -0.4 is 10.2 Å². The molecular formula is C14H15N3O4. The highest BCUT2D eigenvalue weighted by Gasteiger charge is 2.15. The largest absolute Gasteiger partial charge is 0.484 e. The van der Waals surface area contributed by atoms with Gasteiger partial charge in [-0.15, -0.1) is 0 Å². The highest BCUT2D eigenvalue weighted by Crippen LogP contribution is 2.25. The number of benzene rings is 1. The van der Waals surface area contributed by atoms with Crippen molar-refractivity contribution < 1.29 is 14.8 Å². The van der Waals surface area contributed by atoms with Crippen molar-refractivity contribution in [1.29, 1.82) is 5.41 Å². The number of rotatable bonds is 6. The molecule has 1 unspecified atom stereocenters. The Balaban J connectivity index is 1.99. The zero-order valence-corrected chi connectivity index (χ0v) is 11.2. The molecule has 7 nitrogen and oxygen atoms in total. The van der Waals surface area contributed by atoms with Crippen molar-refractivity contribution in [3.63, 3.8) is 0 Å². The van der Waals surface area contributed by atoms with E-state index in [-0.39, 0.29) is 30.1 Å². The second kappa shape index (κ2) is 6.67. The number of aliphatic hydroxyl groups is 1. The molecule has 0 amide bonds. The first kappa shape index (κ1) is 14.7. The van der Waals surface area contributed by atoms with E-state index in [9.17, 15) is 15.2 Å². The molecule has 2 rings (SSSR count). The molecule has 2 aromatic rings. The molecule has 2 N–H and O–H groups in total. The molecule has 1 atom stereocenters. The molecule has 0 radical (unpaired) electrons. The van der Waals surface area contributed by atoms with Crippen LogP contribution in [0.2, 0.25) is 0 Å². The van der Waals surface area contributed by atoms with Gasteiger partial charge < -0.3 is 14.4 Å². The van der Waals surface area contributed by atoms with E-state index in [1.165, 1.54) is 12.1 Å². The molecule has 0 aliphatic carbocycles. The average Bonchev–Trinajstić information content (AvgIpc) is 2.48. The van der Waals surface area contributed by atoms with Gasteiger partial charge in [-0.25, -0.2) is 0 Å². The van der Waals surface area contributed by atoms with Crippen molar-refractivity contribution in [1.82, 2.24) is 4.57 Å². The molecule has 7 heteroatoms. The average molecular weight is 289 g/mol. The van der Waals surface area contributed by atoms with E-state index in [1.54, 1.807) is 41.1 Å². The van der Waals surface area contributed by atoms with Crippen LogP contribution in [-0.2, 0) is 6.54 Å². The third-order valence-corrected chi connectivity index (χ3v) is 2.84. The monoisotopic (exact) mass is 289 g/mol. The van der Waals surface area contributed by atoms with Gasteiger partial charge in [-0.05, 0) is 18.2 Å². The lowest BCUT2D eigenvalue weighted by molar-refractivity contribution is -0.385. The maximum absolute atomic E-state index is 10.8. The molecule has 1 aromatic heterocycles. The van der Waals surface area contributed by atoms with Gasteiger partial charge in [0.1, 0.15) is 18.2 Å². The number of ether oxygens (including phenoxy) is 1. The third-order valence-electron chi connectivity index (χ3n) is 2.84. The van der Waals surface area contributed by atoms with E-state index < -0.39 is 11.0 Å². The van der Waals surface area contributed by atoms with Crippen molar-refractivity contribution in [2.24, 2.45) is 0 Å². The lowest BCUT2D eigenvalue weighted by Crippen LogP contribution is -2.29. The highest BCUT2D eigenvalue weighted by molar-refractivity contribution is 5.45. The minimum absolute atomic E-state index is 0.0911. The summed E-state index contributed by atoms with van der Waals surface area (Å²) in [5.74, 6) is 0.116. The fourth-order valence-corrected chi connectivity index (χ4v) is 1.83. The summed E-state index contributed by atoms with van der Waals surface area (Å²) in [6.07, 6.45) is 0.803. The van der Waals surface area contributed by atoms with Crippen LogP contribution in [0, 0.1) is 15.5 Å². The molecule has 110 valence electrons. The van der Waals surface area contributed by atoms with Crippen LogP contribution in [0.5, 0.6) is 5.75 Å². The number of nitrogens with one attached hydrogen (secondary N) is 1. The van der Waals surface area contributed by atoms with E-state index in [4.69, 9.17) is 10.1 Å². The third kappa shape index (κ3) is 3.90. The highest BCUT2D eigenvalue weighted by atomic mass is 16.6. The van der Waals surface area contributed by atoms with Crippen molar-refractivity contribution in [2.75, 3.05) is 6.61 Å². The van der Waals surface area contributed by atoms with Gasteiger partial charge in [0.15, 0.2) is 5.75 Å². The molecule has 1 heterocycles. The topological polar surface area (TPSA) is 101 Å². The van der Waals surface area contributed by atoms with Crippen molar-refractivity contribution >= 4 is 5.69 Å². The molecule has 0 aliphatic rings. The number of aliphatic hydroxyl groups excluding tert-OH is 1. The van der Waals surface area contributed by atoms with E-state index in [1.807, 2.05) is 0 Å². The predicted octanol–water partition coefficient (Wildman–Crippen LogP) is 1.32. The number of para-hydroxylation sites is 2. The Morgan fingerprint density at radius 3 is 2.71 bits per heavy atom. The van der Waals surface area contributed by atoms with Gasteiger partial charge in [0, 0.05) is 12.3 Å². The molecule has 1 aromatic carbocycles. The number of aromatic nitrogens is 1. The first-order chi connectivity index (χ1) is 10.1. The normalized spacial score (nSPS) is 11.9. The van der Waals surface area contributed by atoms with Crippen molar-refractivity contribution in [3.8, 4) is 5.75 Å². The minimum atomic E-state index is -0.874. The maximum Gasteiger partial charge on any atom is 0.310 e. The first-order valence-electron chi connectivity index (χ1n) is 6.32. The molecule has 0 saturated heterocycles. The molecule has 0 spiro atoms. The van der Waals surface area contributed by atoms with Crippen LogP contribution in [-0.4, -0.2) is 27.3 Å². The van der Waals surface area contributed by atoms with Gasteiger partial charge in [-0.2, -0.15) is 0 Å². The summed E-state index contributed by atoms with van der Waals surface area (Å²) in [5.41, 5.74) is 0.125. The van der Waals surface area contributed by atoms with Gasteiger partial charge in [0.25, 0.3) is 0 Å². The van der Waals surface area contributed by atoms with Crippen LogP contribution in [0.15, 0.2) is 48.7 Å². The molecule has 21 heavy (non-hydrogen) atoms. The van der Waals surface area contributed by atoms with Crippen LogP contribution in [0.1, 0.15) is 0 Å². The predicted molar refractivity (Wildman–Crippen MR) is 74.9 cm³/mol. The van der Waals surface area contributed by atoms with Gasteiger partial charge in [0.05, 0.1) is 11.5 Å². The van der Waals surface area contributed by atoms with E-state index >= 15 is 0 Å². The quantitative estimate of drug-likeness (QED) is 0.618. The minimum Gasteiger partial charge on any atom is -0.484 e.